The lowest BCUT2D eigenvalue weighted by Crippen LogP contribution is -2.44. The van der Waals surface area contributed by atoms with Crippen LogP contribution in [0.1, 0.15) is 17.3 Å². The van der Waals surface area contributed by atoms with E-state index in [0.29, 0.717) is 37.3 Å². The molecule has 1 saturated heterocycles. The van der Waals surface area contributed by atoms with E-state index in [9.17, 15) is 9.18 Å². The number of benzene rings is 1. The number of rotatable bonds is 2. The van der Waals surface area contributed by atoms with Crippen molar-refractivity contribution in [3.05, 3.63) is 29.6 Å². The molecule has 0 spiro atoms. The lowest BCUT2D eigenvalue weighted by molar-refractivity contribution is 0.0985. The van der Waals surface area contributed by atoms with Crippen molar-refractivity contribution >= 4 is 12.0 Å². The van der Waals surface area contributed by atoms with Gasteiger partial charge in [0.2, 0.25) is 0 Å². The van der Waals surface area contributed by atoms with Gasteiger partial charge in [0.1, 0.15) is 12.1 Å². The highest BCUT2D eigenvalue weighted by atomic mass is 19.1. The number of hydrogen-bond donors (Lipinski definition) is 0. The molecule has 1 aliphatic heterocycles. The van der Waals surface area contributed by atoms with E-state index in [1.54, 1.807) is 12.1 Å². The predicted octanol–water partition coefficient (Wildman–Crippen LogP) is 1.86. The van der Waals surface area contributed by atoms with Crippen LogP contribution in [0.25, 0.3) is 0 Å². The number of ether oxygens (including phenoxy) is 1. The maximum atomic E-state index is 13.8. The molecular weight excluding hydrogens is 209 g/mol. The molecule has 0 unspecified atom stereocenters. The Morgan fingerprint density at radius 1 is 1.56 bits per heavy atom. The number of morpholine rings is 1. The number of nitrogens with zero attached hydrogens (tertiary/aromatic N) is 1. The zero-order valence-electron chi connectivity index (χ0n) is 9.15. The van der Waals surface area contributed by atoms with Gasteiger partial charge in [0.05, 0.1) is 18.9 Å². The van der Waals surface area contributed by atoms with Crippen LogP contribution in [0.3, 0.4) is 0 Å². The quantitative estimate of drug-likeness (QED) is 0.717. The molecule has 1 aromatic rings. The lowest BCUT2D eigenvalue weighted by Gasteiger charge is -2.35. The Bertz CT molecular complexity index is 395. The molecule has 1 aromatic carbocycles. The van der Waals surface area contributed by atoms with Crippen LogP contribution >= 0.6 is 0 Å². The van der Waals surface area contributed by atoms with Crippen LogP contribution in [0.15, 0.2) is 18.2 Å². The van der Waals surface area contributed by atoms with Gasteiger partial charge in [0.15, 0.2) is 0 Å². The van der Waals surface area contributed by atoms with Crippen LogP contribution in [0.5, 0.6) is 0 Å². The number of carbonyl (C=O) groups is 1. The van der Waals surface area contributed by atoms with Gasteiger partial charge >= 0.3 is 0 Å². The predicted molar refractivity (Wildman–Crippen MR) is 59.4 cm³/mol. The highest BCUT2D eigenvalue weighted by molar-refractivity contribution is 5.76. The molecule has 0 radical (unpaired) electrons. The fourth-order valence-corrected chi connectivity index (χ4v) is 1.91. The number of halogens is 1. The van der Waals surface area contributed by atoms with Crippen molar-refractivity contribution < 1.29 is 13.9 Å². The van der Waals surface area contributed by atoms with Gasteiger partial charge in [-0.2, -0.15) is 0 Å². The fourth-order valence-electron chi connectivity index (χ4n) is 1.91. The zero-order valence-corrected chi connectivity index (χ0v) is 9.15. The average molecular weight is 223 g/mol. The summed E-state index contributed by atoms with van der Waals surface area (Å²) in [4.78, 5) is 12.5. The van der Waals surface area contributed by atoms with Crippen molar-refractivity contribution in [1.82, 2.24) is 0 Å². The topological polar surface area (TPSA) is 29.5 Å². The summed E-state index contributed by atoms with van der Waals surface area (Å²) in [5.74, 6) is -0.349. The van der Waals surface area contributed by atoms with Crippen molar-refractivity contribution in [2.75, 3.05) is 24.7 Å². The second kappa shape index (κ2) is 4.61. The van der Waals surface area contributed by atoms with Crippen molar-refractivity contribution in [1.29, 1.82) is 0 Å². The summed E-state index contributed by atoms with van der Waals surface area (Å²) < 4.78 is 19.1. The average Bonchev–Trinajstić information content (AvgIpc) is 2.30. The molecule has 86 valence electrons. The minimum absolute atomic E-state index is 0.158. The minimum atomic E-state index is -0.349. The van der Waals surface area contributed by atoms with Gasteiger partial charge in [-0.1, -0.05) is 0 Å². The van der Waals surface area contributed by atoms with Crippen LogP contribution in [-0.4, -0.2) is 32.1 Å². The Morgan fingerprint density at radius 2 is 2.38 bits per heavy atom. The molecule has 0 bridgehead atoms. The highest BCUT2D eigenvalue weighted by Gasteiger charge is 2.21. The largest absolute Gasteiger partial charge is 0.377 e. The van der Waals surface area contributed by atoms with Crippen LogP contribution < -0.4 is 4.90 Å². The smallest absolute Gasteiger partial charge is 0.150 e. The summed E-state index contributed by atoms with van der Waals surface area (Å²) in [5, 5.41) is 0. The van der Waals surface area contributed by atoms with Gasteiger partial charge in [-0.05, 0) is 25.1 Å². The third-order valence-electron chi connectivity index (χ3n) is 2.78. The van der Waals surface area contributed by atoms with Crippen LogP contribution in [0.2, 0.25) is 0 Å². The number of carbonyl (C=O) groups excluding carboxylic acids is 1. The Labute approximate surface area is 93.8 Å². The maximum absolute atomic E-state index is 13.8. The molecular formula is C12H14FNO2. The van der Waals surface area contributed by atoms with E-state index in [0.717, 1.165) is 0 Å². The van der Waals surface area contributed by atoms with Crippen molar-refractivity contribution in [2.45, 2.75) is 13.0 Å². The van der Waals surface area contributed by atoms with Gasteiger partial charge in [0.25, 0.3) is 0 Å². The first-order valence-corrected chi connectivity index (χ1v) is 5.31. The van der Waals surface area contributed by atoms with Crippen molar-refractivity contribution in [2.24, 2.45) is 0 Å². The third kappa shape index (κ3) is 2.07. The molecule has 1 fully saturated rings. The second-order valence-corrected chi connectivity index (χ2v) is 3.95. The van der Waals surface area contributed by atoms with E-state index in [1.165, 1.54) is 6.07 Å². The highest BCUT2D eigenvalue weighted by Crippen LogP contribution is 2.23. The molecule has 0 aromatic heterocycles. The van der Waals surface area contributed by atoms with Gasteiger partial charge in [-0.3, -0.25) is 4.79 Å². The molecule has 1 aliphatic rings. The molecule has 1 atom stereocenters. The summed E-state index contributed by atoms with van der Waals surface area (Å²) in [5.41, 5.74) is 0.906. The fraction of sp³-hybridized carbons (Fsp3) is 0.417. The van der Waals surface area contributed by atoms with Crippen LogP contribution in [0, 0.1) is 5.82 Å². The zero-order chi connectivity index (χ0) is 11.5. The standard InChI is InChI=1S/C12H14FNO2/c1-9-8-16-5-4-14(9)12-3-2-10(7-15)6-11(12)13/h2-3,6-7,9H,4-5,8H2,1H3/t9-/m1/s1. The number of hydrogen-bond acceptors (Lipinski definition) is 3. The lowest BCUT2D eigenvalue weighted by atomic mass is 10.1. The Morgan fingerprint density at radius 3 is 3.00 bits per heavy atom. The van der Waals surface area contributed by atoms with Gasteiger partial charge in [-0.15, -0.1) is 0 Å². The van der Waals surface area contributed by atoms with Crippen molar-refractivity contribution in [3.63, 3.8) is 0 Å². The third-order valence-corrected chi connectivity index (χ3v) is 2.78. The summed E-state index contributed by atoms with van der Waals surface area (Å²) in [6, 6.07) is 4.71. The molecule has 0 saturated carbocycles. The number of anilines is 1. The summed E-state index contributed by atoms with van der Waals surface area (Å²) in [6.07, 6.45) is 0.648. The molecule has 1 heterocycles. The minimum Gasteiger partial charge on any atom is -0.377 e. The van der Waals surface area contributed by atoms with Crippen molar-refractivity contribution in [3.8, 4) is 0 Å². The molecule has 3 nitrogen and oxygen atoms in total. The van der Waals surface area contributed by atoms with Crippen LogP contribution in [-0.2, 0) is 4.74 Å². The summed E-state index contributed by atoms with van der Waals surface area (Å²) in [7, 11) is 0. The van der Waals surface area contributed by atoms with E-state index < -0.39 is 0 Å². The monoisotopic (exact) mass is 223 g/mol. The van der Waals surface area contributed by atoms with E-state index in [4.69, 9.17) is 4.74 Å². The first-order valence-electron chi connectivity index (χ1n) is 5.31. The molecule has 16 heavy (non-hydrogen) atoms. The van der Waals surface area contributed by atoms with E-state index in [1.807, 2.05) is 11.8 Å². The van der Waals surface area contributed by atoms with Gasteiger partial charge in [0, 0.05) is 18.2 Å². The number of aldehydes is 1. The normalized spacial score (nSPS) is 20.9. The summed E-state index contributed by atoms with van der Waals surface area (Å²) in [6.45, 7) is 3.89. The molecule has 0 aliphatic carbocycles. The first-order chi connectivity index (χ1) is 7.72. The summed E-state index contributed by atoms with van der Waals surface area (Å²) >= 11 is 0. The van der Waals surface area contributed by atoms with Gasteiger partial charge in [-0.25, -0.2) is 4.39 Å². The molecule has 0 amide bonds. The van der Waals surface area contributed by atoms with Crippen LogP contribution in [0.4, 0.5) is 10.1 Å². The molecule has 0 N–H and O–H groups in total. The van der Waals surface area contributed by atoms with E-state index in [-0.39, 0.29) is 11.9 Å². The maximum Gasteiger partial charge on any atom is 0.150 e. The van der Waals surface area contributed by atoms with E-state index in [2.05, 4.69) is 0 Å². The Kier molecular flexibility index (Phi) is 3.19. The SMILES string of the molecule is C[C@@H]1COCCN1c1ccc(C=O)cc1F. The Hall–Kier alpha value is -1.42. The van der Waals surface area contributed by atoms with Gasteiger partial charge < -0.3 is 9.64 Å². The second-order valence-electron chi connectivity index (χ2n) is 3.95. The van der Waals surface area contributed by atoms with E-state index >= 15 is 0 Å². The Balaban J connectivity index is 2.28. The first kappa shape index (κ1) is 11.1. The molecule has 4 heteroatoms. The molecule has 2 rings (SSSR count).